The summed E-state index contributed by atoms with van der Waals surface area (Å²) < 4.78 is 45.4. The van der Waals surface area contributed by atoms with Crippen LogP contribution in [0.25, 0.3) is 22.6 Å². The van der Waals surface area contributed by atoms with Crippen LogP contribution in [0, 0.1) is 17.5 Å². The second-order valence-corrected chi connectivity index (χ2v) is 11.5. The number of Topliss-reactive ketones (excluding diaryl/α,β-unsaturated/α-hetero) is 1. The van der Waals surface area contributed by atoms with Crippen LogP contribution in [0.3, 0.4) is 0 Å². The number of nitrogens with two attached hydrogens (primary N) is 1. The lowest BCUT2D eigenvalue weighted by Gasteiger charge is -2.33. The van der Waals surface area contributed by atoms with E-state index in [4.69, 9.17) is 5.73 Å². The summed E-state index contributed by atoms with van der Waals surface area (Å²) in [5.74, 6) is -2.00. The van der Waals surface area contributed by atoms with Crippen molar-refractivity contribution in [3.8, 4) is 22.6 Å². The molecule has 14 heteroatoms. The molecule has 6 rings (SSSR count). The van der Waals surface area contributed by atoms with Crippen molar-refractivity contribution in [1.29, 1.82) is 0 Å². The molecule has 0 amide bonds. The lowest BCUT2D eigenvalue weighted by Crippen LogP contribution is -2.39. The van der Waals surface area contributed by atoms with Gasteiger partial charge in [0.1, 0.15) is 41.5 Å². The monoisotopic (exact) mass is 631 g/mol. The largest absolute Gasteiger partial charge is 0.383 e. The average molecular weight is 632 g/mol. The number of carbonyl (C=O) groups is 1. The van der Waals surface area contributed by atoms with Gasteiger partial charge in [-0.25, -0.2) is 37.8 Å². The fourth-order valence-corrected chi connectivity index (χ4v) is 5.99. The van der Waals surface area contributed by atoms with E-state index in [2.05, 4.69) is 29.6 Å². The van der Waals surface area contributed by atoms with Crippen LogP contribution in [0.2, 0.25) is 0 Å². The van der Waals surface area contributed by atoms with Crippen molar-refractivity contribution in [3.05, 3.63) is 96.7 Å². The molecule has 1 aliphatic heterocycles. The van der Waals surface area contributed by atoms with E-state index in [0.29, 0.717) is 30.5 Å². The first-order valence-corrected chi connectivity index (χ1v) is 14.8. The van der Waals surface area contributed by atoms with Crippen LogP contribution in [-0.2, 0) is 16.9 Å². The van der Waals surface area contributed by atoms with Gasteiger partial charge in [-0.1, -0.05) is 6.07 Å². The molecule has 46 heavy (non-hydrogen) atoms. The molecule has 0 aliphatic carbocycles. The second kappa shape index (κ2) is 13.2. The number of carbonyl (C=O) groups excluding carboxylic acids is 1. The second-order valence-electron chi connectivity index (χ2n) is 11.5. The summed E-state index contributed by atoms with van der Waals surface area (Å²) in [4.78, 5) is 32.1. The molecule has 2 aromatic carbocycles. The molecule has 0 spiro atoms. The highest BCUT2D eigenvalue weighted by atomic mass is 19.1. The van der Waals surface area contributed by atoms with Crippen LogP contribution in [-0.4, -0.2) is 69.7 Å². The molecule has 0 radical (unpaired) electrons. The molecule has 1 fully saturated rings. The minimum Gasteiger partial charge on any atom is -0.383 e. The van der Waals surface area contributed by atoms with Gasteiger partial charge in [0.05, 0.1) is 36.5 Å². The quantitative estimate of drug-likeness (QED) is 0.220. The van der Waals surface area contributed by atoms with E-state index in [9.17, 15) is 23.1 Å². The maximum atomic E-state index is 14.7. The van der Waals surface area contributed by atoms with E-state index in [-0.39, 0.29) is 55.1 Å². The van der Waals surface area contributed by atoms with Crippen molar-refractivity contribution < 1.29 is 23.1 Å². The molecule has 11 nitrogen and oxygen atoms in total. The Morgan fingerprint density at radius 2 is 1.76 bits per heavy atom. The first-order chi connectivity index (χ1) is 22.2. The van der Waals surface area contributed by atoms with E-state index in [1.54, 1.807) is 30.7 Å². The molecule has 0 unspecified atom stereocenters. The van der Waals surface area contributed by atoms with E-state index in [1.165, 1.54) is 35.5 Å². The van der Waals surface area contributed by atoms with Gasteiger partial charge in [0, 0.05) is 48.9 Å². The SMILES string of the molecule is Nc1nccc(-c2c(-c3ccc(F)cc3)ncn2C2CCN(CC(=O)CC[C@](O)(Cn3cncn3)c3ccc(F)cc3F)CC2)n1. The van der Waals surface area contributed by atoms with Crippen LogP contribution >= 0.6 is 0 Å². The fraction of sp³-hybridized carbons (Fsp3) is 0.312. The topological polar surface area (TPSA) is 141 Å². The van der Waals surface area contributed by atoms with Crippen LogP contribution in [0.1, 0.15) is 37.3 Å². The highest BCUT2D eigenvalue weighted by Crippen LogP contribution is 2.36. The Bertz CT molecular complexity index is 1810. The molecule has 0 saturated carbocycles. The Hall–Kier alpha value is -4.95. The van der Waals surface area contributed by atoms with E-state index >= 15 is 0 Å². The maximum Gasteiger partial charge on any atom is 0.220 e. The number of imidazole rings is 1. The van der Waals surface area contributed by atoms with Gasteiger partial charge in [-0.2, -0.15) is 5.10 Å². The highest BCUT2D eigenvalue weighted by Gasteiger charge is 2.34. The summed E-state index contributed by atoms with van der Waals surface area (Å²) in [6, 6.07) is 10.9. The van der Waals surface area contributed by atoms with Crippen LogP contribution in [0.15, 0.2) is 73.7 Å². The Kier molecular flexibility index (Phi) is 8.90. The van der Waals surface area contributed by atoms with Gasteiger partial charge in [-0.15, -0.1) is 0 Å². The van der Waals surface area contributed by atoms with E-state index in [0.717, 1.165) is 30.2 Å². The van der Waals surface area contributed by atoms with Gasteiger partial charge in [-0.05, 0) is 55.7 Å². The zero-order chi connectivity index (χ0) is 32.3. The van der Waals surface area contributed by atoms with Gasteiger partial charge in [-0.3, -0.25) is 9.69 Å². The third kappa shape index (κ3) is 6.82. The number of hydrogen-bond acceptors (Lipinski definition) is 9. The number of piperidine rings is 1. The maximum absolute atomic E-state index is 14.7. The van der Waals surface area contributed by atoms with Crippen LogP contribution in [0.4, 0.5) is 19.1 Å². The number of nitrogens with zero attached hydrogens (tertiary/aromatic N) is 8. The van der Waals surface area contributed by atoms with Gasteiger partial charge in [0.2, 0.25) is 5.95 Å². The van der Waals surface area contributed by atoms with E-state index < -0.39 is 17.2 Å². The number of benzene rings is 2. The minimum absolute atomic E-state index is 0.0240. The molecule has 3 N–H and O–H groups in total. The number of aliphatic hydroxyl groups is 1. The number of nitrogen functional groups attached to an aromatic ring is 1. The Labute approximate surface area is 262 Å². The summed E-state index contributed by atoms with van der Waals surface area (Å²) >= 11 is 0. The first kappa shape index (κ1) is 31.0. The predicted octanol–water partition coefficient (Wildman–Crippen LogP) is 4.17. The molecule has 238 valence electrons. The molecule has 4 heterocycles. The number of ketones is 1. The predicted molar refractivity (Wildman–Crippen MR) is 162 cm³/mol. The molecular formula is C32H32F3N9O2. The lowest BCUT2D eigenvalue weighted by molar-refractivity contribution is -0.122. The van der Waals surface area contributed by atoms with Crippen molar-refractivity contribution in [2.75, 3.05) is 25.4 Å². The number of rotatable bonds is 11. The number of aromatic nitrogens is 7. The zero-order valence-electron chi connectivity index (χ0n) is 24.8. The number of anilines is 1. The standard InChI is InChI=1S/C32H32F3N9O2/c33-22-3-1-21(2-4-22)29-30(28-8-12-38-31(36)41-28)44(20-39-29)24-9-13-42(14-10-24)16-25(45)7-11-32(46,17-43-19-37-18-40-43)26-6-5-23(34)15-27(26)35/h1-6,8,12,15,18-20,24,46H,7,9-11,13-14,16-17H2,(H2,36,38,41)/t32-/m0/s1. The highest BCUT2D eigenvalue weighted by molar-refractivity contribution is 5.80. The van der Waals surface area contributed by atoms with Gasteiger partial charge < -0.3 is 15.4 Å². The Morgan fingerprint density at radius 1 is 1.00 bits per heavy atom. The lowest BCUT2D eigenvalue weighted by atomic mass is 9.87. The fourth-order valence-electron chi connectivity index (χ4n) is 5.99. The molecule has 5 aromatic rings. The summed E-state index contributed by atoms with van der Waals surface area (Å²) in [6.07, 6.45) is 7.33. The zero-order valence-corrected chi connectivity index (χ0v) is 24.8. The van der Waals surface area contributed by atoms with Crippen molar-refractivity contribution >= 4 is 11.7 Å². The smallest absolute Gasteiger partial charge is 0.220 e. The van der Waals surface area contributed by atoms with E-state index in [1.807, 2.05) is 4.90 Å². The molecule has 0 bridgehead atoms. The number of halogens is 3. The molecule has 3 aromatic heterocycles. The molecule has 1 saturated heterocycles. The van der Waals surface area contributed by atoms with Crippen molar-refractivity contribution in [2.24, 2.45) is 0 Å². The number of likely N-dealkylation sites (tertiary alicyclic amines) is 1. The molecular weight excluding hydrogens is 599 g/mol. The summed E-state index contributed by atoms with van der Waals surface area (Å²) in [6.45, 7) is 1.26. The summed E-state index contributed by atoms with van der Waals surface area (Å²) in [7, 11) is 0. The van der Waals surface area contributed by atoms with Crippen molar-refractivity contribution in [2.45, 2.75) is 43.9 Å². The van der Waals surface area contributed by atoms with Gasteiger partial charge >= 0.3 is 0 Å². The Balaban J connectivity index is 1.13. The van der Waals surface area contributed by atoms with Crippen molar-refractivity contribution in [3.63, 3.8) is 0 Å². The number of hydrogen-bond donors (Lipinski definition) is 2. The molecule has 1 atom stereocenters. The minimum atomic E-state index is -1.81. The average Bonchev–Trinajstić information content (AvgIpc) is 3.71. The van der Waals surface area contributed by atoms with Crippen LogP contribution in [0.5, 0.6) is 0 Å². The summed E-state index contributed by atoms with van der Waals surface area (Å²) in [5, 5.41) is 15.5. The van der Waals surface area contributed by atoms with Gasteiger partial charge in [0.25, 0.3) is 0 Å². The summed E-state index contributed by atoms with van der Waals surface area (Å²) in [5.41, 5.74) is 6.70. The first-order valence-electron chi connectivity index (χ1n) is 14.8. The van der Waals surface area contributed by atoms with Crippen molar-refractivity contribution in [1.82, 2.24) is 39.2 Å². The normalized spacial score (nSPS) is 15.6. The third-order valence-corrected chi connectivity index (χ3v) is 8.32. The van der Waals surface area contributed by atoms with Crippen LogP contribution < -0.4 is 5.73 Å². The molecule has 1 aliphatic rings. The Morgan fingerprint density at radius 3 is 2.46 bits per heavy atom. The third-order valence-electron chi connectivity index (χ3n) is 8.32. The van der Waals surface area contributed by atoms with Gasteiger partial charge in [0.15, 0.2) is 0 Å².